The van der Waals surface area contributed by atoms with Crippen molar-refractivity contribution in [3.8, 4) is 22.6 Å². The van der Waals surface area contributed by atoms with Crippen LogP contribution in [0.2, 0.25) is 0 Å². The molecule has 8 heteroatoms. The van der Waals surface area contributed by atoms with Gasteiger partial charge in [0.2, 0.25) is 0 Å². The van der Waals surface area contributed by atoms with Crippen LogP contribution in [0.15, 0.2) is 55.0 Å². The molecule has 184 valence electrons. The minimum Gasteiger partial charge on any atom is -0.461 e. The number of carbonyl (C=O) groups excluding carboxylic acids is 1. The molecule has 2 fully saturated rings. The SMILES string of the molecule is Cc1cccc(-c2[nH]cnc2-c2ccc3ncc(N4CCC(C(=O)O[C@@H]5CCN(C)C5)C4)cc3c2)n1. The number of ether oxygens (including phenoxy) is 1. The molecule has 1 N–H and O–H groups in total. The number of likely N-dealkylation sites (N-methyl/N-ethyl adjacent to an activating group) is 1. The molecule has 6 rings (SSSR count). The van der Waals surface area contributed by atoms with Gasteiger partial charge in [-0.05, 0) is 57.1 Å². The molecular weight excluding hydrogens is 452 g/mol. The molecule has 2 aliphatic rings. The molecule has 2 saturated heterocycles. The van der Waals surface area contributed by atoms with Gasteiger partial charge in [-0.25, -0.2) is 4.98 Å². The van der Waals surface area contributed by atoms with Crippen molar-refractivity contribution in [1.29, 1.82) is 0 Å². The second-order valence-electron chi connectivity index (χ2n) is 9.93. The van der Waals surface area contributed by atoms with Gasteiger partial charge >= 0.3 is 5.97 Å². The molecule has 1 unspecified atom stereocenters. The molecule has 8 nitrogen and oxygen atoms in total. The predicted molar refractivity (Wildman–Crippen MR) is 140 cm³/mol. The molecule has 2 aliphatic heterocycles. The number of rotatable bonds is 5. The first kappa shape index (κ1) is 22.7. The summed E-state index contributed by atoms with van der Waals surface area (Å²) in [7, 11) is 2.07. The molecule has 0 aliphatic carbocycles. The van der Waals surface area contributed by atoms with Crippen molar-refractivity contribution in [2.24, 2.45) is 5.92 Å². The Bertz CT molecular complexity index is 1420. The number of carbonyl (C=O) groups is 1. The number of fused-ring (bicyclic) bond motifs is 1. The third-order valence-corrected chi connectivity index (χ3v) is 7.24. The highest BCUT2D eigenvalue weighted by atomic mass is 16.5. The Hall–Kier alpha value is -3.78. The average molecular weight is 483 g/mol. The lowest BCUT2D eigenvalue weighted by molar-refractivity contribution is -0.152. The number of aryl methyl sites for hydroxylation is 1. The fraction of sp³-hybridized carbons (Fsp3) is 0.357. The second-order valence-corrected chi connectivity index (χ2v) is 9.93. The maximum absolute atomic E-state index is 12.7. The van der Waals surface area contributed by atoms with Crippen molar-refractivity contribution in [3.63, 3.8) is 0 Å². The van der Waals surface area contributed by atoms with E-state index in [0.717, 1.165) is 77.4 Å². The number of aromatic amines is 1. The van der Waals surface area contributed by atoms with Crippen LogP contribution < -0.4 is 4.90 Å². The molecule has 0 saturated carbocycles. The molecule has 36 heavy (non-hydrogen) atoms. The van der Waals surface area contributed by atoms with E-state index >= 15 is 0 Å². The molecule has 0 bridgehead atoms. The first-order valence-electron chi connectivity index (χ1n) is 12.5. The number of pyridine rings is 2. The normalized spacial score (nSPS) is 20.3. The van der Waals surface area contributed by atoms with E-state index in [1.165, 1.54) is 0 Å². The lowest BCUT2D eigenvalue weighted by atomic mass is 10.0. The van der Waals surface area contributed by atoms with Crippen molar-refractivity contribution in [2.45, 2.75) is 25.9 Å². The summed E-state index contributed by atoms with van der Waals surface area (Å²) in [4.78, 5) is 34.4. The zero-order valence-corrected chi connectivity index (χ0v) is 20.6. The molecule has 0 radical (unpaired) electrons. The van der Waals surface area contributed by atoms with Crippen LogP contribution in [0.25, 0.3) is 33.5 Å². The van der Waals surface area contributed by atoms with Gasteiger partial charge in [-0.3, -0.25) is 14.8 Å². The summed E-state index contributed by atoms with van der Waals surface area (Å²) in [5.41, 5.74) is 6.55. The van der Waals surface area contributed by atoms with Gasteiger partial charge < -0.3 is 19.5 Å². The summed E-state index contributed by atoms with van der Waals surface area (Å²) in [6.45, 7) is 5.28. The van der Waals surface area contributed by atoms with Gasteiger partial charge in [-0.1, -0.05) is 12.1 Å². The Morgan fingerprint density at radius 2 is 2.00 bits per heavy atom. The standard InChI is InChI=1S/C28H30N6O2/c1-18-4-3-5-25(32-18)27-26(30-17-31-27)19-6-7-24-21(12-19)13-22(14-29-24)34-11-8-20(15-34)28(35)36-23-9-10-33(2)16-23/h3-7,12-14,17,20,23H,8-11,15-16H2,1-2H3,(H,30,31)/t20?,23-/m1/s1. The smallest absolute Gasteiger partial charge is 0.311 e. The zero-order chi connectivity index (χ0) is 24.6. The number of benzene rings is 1. The van der Waals surface area contributed by atoms with Crippen LogP contribution in [-0.2, 0) is 9.53 Å². The van der Waals surface area contributed by atoms with Crippen molar-refractivity contribution in [3.05, 3.63) is 60.7 Å². The molecule has 0 amide bonds. The van der Waals surface area contributed by atoms with Crippen LogP contribution in [0.1, 0.15) is 18.5 Å². The number of likely N-dealkylation sites (tertiary alicyclic amines) is 1. The number of imidazole rings is 1. The van der Waals surface area contributed by atoms with Crippen LogP contribution in [-0.4, -0.2) is 70.1 Å². The van der Waals surface area contributed by atoms with E-state index in [-0.39, 0.29) is 18.0 Å². The van der Waals surface area contributed by atoms with Crippen molar-refractivity contribution < 1.29 is 9.53 Å². The lowest BCUT2D eigenvalue weighted by Gasteiger charge is -2.19. The summed E-state index contributed by atoms with van der Waals surface area (Å²) in [6, 6.07) is 14.3. The van der Waals surface area contributed by atoms with Gasteiger partial charge in [0, 0.05) is 42.8 Å². The summed E-state index contributed by atoms with van der Waals surface area (Å²) in [5, 5.41) is 1.04. The van der Waals surface area contributed by atoms with E-state index in [4.69, 9.17) is 9.72 Å². The largest absolute Gasteiger partial charge is 0.461 e. The van der Waals surface area contributed by atoms with Crippen molar-refractivity contribution in [1.82, 2.24) is 24.8 Å². The topological polar surface area (TPSA) is 87.2 Å². The number of nitrogens with one attached hydrogen (secondary N) is 1. The molecule has 4 aromatic rings. The first-order chi connectivity index (χ1) is 17.5. The second kappa shape index (κ2) is 9.35. The van der Waals surface area contributed by atoms with Gasteiger partial charge in [0.1, 0.15) is 6.10 Å². The third kappa shape index (κ3) is 4.44. The Morgan fingerprint density at radius 3 is 2.83 bits per heavy atom. The molecule has 0 spiro atoms. The maximum atomic E-state index is 12.7. The molecule has 5 heterocycles. The highest BCUT2D eigenvalue weighted by molar-refractivity contribution is 5.88. The fourth-order valence-corrected chi connectivity index (χ4v) is 5.27. The Morgan fingerprint density at radius 1 is 1.08 bits per heavy atom. The number of nitrogens with zero attached hydrogens (tertiary/aromatic N) is 5. The minimum atomic E-state index is -0.0913. The number of hydrogen-bond acceptors (Lipinski definition) is 7. The Kier molecular flexibility index (Phi) is 5.89. The van der Waals surface area contributed by atoms with Crippen molar-refractivity contribution in [2.75, 3.05) is 38.1 Å². The Labute approximate surface area is 210 Å². The van der Waals surface area contributed by atoms with Gasteiger partial charge in [0.15, 0.2) is 0 Å². The molecule has 2 atom stereocenters. The van der Waals surface area contributed by atoms with E-state index in [1.54, 1.807) is 6.33 Å². The van der Waals surface area contributed by atoms with E-state index < -0.39 is 0 Å². The quantitative estimate of drug-likeness (QED) is 0.429. The van der Waals surface area contributed by atoms with Crippen LogP contribution in [0.3, 0.4) is 0 Å². The van der Waals surface area contributed by atoms with Gasteiger partial charge in [0.25, 0.3) is 0 Å². The first-order valence-corrected chi connectivity index (χ1v) is 12.5. The van der Waals surface area contributed by atoms with E-state index in [2.05, 4.69) is 43.9 Å². The highest BCUT2D eigenvalue weighted by Gasteiger charge is 2.33. The van der Waals surface area contributed by atoms with Crippen LogP contribution in [0.4, 0.5) is 5.69 Å². The van der Waals surface area contributed by atoms with Gasteiger partial charge in [-0.2, -0.15) is 0 Å². The maximum Gasteiger partial charge on any atom is 0.311 e. The number of anilines is 1. The zero-order valence-electron chi connectivity index (χ0n) is 20.6. The van der Waals surface area contributed by atoms with Crippen LogP contribution in [0, 0.1) is 12.8 Å². The van der Waals surface area contributed by atoms with Gasteiger partial charge in [0.05, 0.1) is 46.7 Å². The number of H-pyrrole nitrogens is 1. The number of hydrogen-bond donors (Lipinski definition) is 1. The average Bonchev–Trinajstić information content (AvgIpc) is 3.64. The third-order valence-electron chi connectivity index (χ3n) is 7.24. The van der Waals surface area contributed by atoms with E-state index in [0.29, 0.717) is 6.54 Å². The number of esters is 1. The summed E-state index contributed by atoms with van der Waals surface area (Å²) in [5.74, 6) is -0.156. The molecule has 3 aromatic heterocycles. The molecular formula is C28H30N6O2. The van der Waals surface area contributed by atoms with Gasteiger partial charge in [-0.15, -0.1) is 0 Å². The van der Waals surface area contributed by atoms with Crippen LogP contribution >= 0.6 is 0 Å². The lowest BCUT2D eigenvalue weighted by Crippen LogP contribution is -2.28. The Balaban J connectivity index is 1.22. The van der Waals surface area contributed by atoms with Crippen molar-refractivity contribution >= 4 is 22.6 Å². The minimum absolute atomic E-state index is 0.0271. The summed E-state index contributed by atoms with van der Waals surface area (Å²) in [6.07, 6.45) is 5.37. The predicted octanol–water partition coefficient (Wildman–Crippen LogP) is 4.07. The van der Waals surface area contributed by atoms with E-state index in [1.807, 2.05) is 43.5 Å². The number of aromatic nitrogens is 4. The summed E-state index contributed by atoms with van der Waals surface area (Å²) < 4.78 is 5.79. The fourth-order valence-electron chi connectivity index (χ4n) is 5.27. The van der Waals surface area contributed by atoms with Crippen LogP contribution in [0.5, 0.6) is 0 Å². The monoisotopic (exact) mass is 482 g/mol. The van der Waals surface area contributed by atoms with E-state index in [9.17, 15) is 4.79 Å². The molecule has 1 aromatic carbocycles. The summed E-state index contributed by atoms with van der Waals surface area (Å²) >= 11 is 0. The highest BCUT2D eigenvalue weighted by Crippen LogP contribution is 2.32.